The van der Waals surface area contributed by atoms with Gasteiger partial charge in [-0.15, -0.1) is 12.4 Å². The van der Waals surface area contributed by atoms with Crippen molar-refractivity contribution in [3.8, 4) is 11.6 Å². The molecule has 0 aliphatic carbocycles. The zero-order valence-electron chi connectivity index (χ0n) is 12.6. The summed E-state index contributed by atoms with van der Waals surface area (Å²) in [6.45, 7) is 3.55. The Hall–Kier alpha value is -1.30. The molecule has 1 aromatic carbocycles. The van der Waals surface area contributed by atoms with Gasteiger partial charge in [-0.05, 0) is 46.6 Å². The Morgan fingerprint density at radius 3 is 2.73 bits per heavy atom. The number of pyridine rings is 1. The molecule has 120 valence electrons. The van der Waals surface area contributed by atoms with Crippen molar-refractivity contribution >= 4 is 28.3 Å². The van der Waals surface area contributed by atoms with E-state index in [0.717, 1.165) is 23.3 Å². The van der Waals surface area contributed by atoms with E-state index in [1.165, 1.54) is 5.56 Å². The van der Waals surface area contributed by atoms with E-state index < -0.39 is 0 Å². The van der Waals surface area contributed by atoms with Crippen LogP contribution >= 0.6 is 28.3 Å². The third kappa shape index (κ3) is 5.83. The van der Waals surface area contributed by atoms with Crippen LogP contribution in [0.5, 0.6) is 11.6 Å². The Labute approximate surface area is 145 Å². The fourth-order valence-electron chi connectivity index (χ4n) is 1.90. The van der Waals surface area contributed by atoms with Gasteiger partial charge in [0.25, 0.3) is 0 Å². The molecule has 1 unspecified atom stereocenters. The SMILES string of the molecule is COc1ccc(CNCC(C)Oc2ccccn2)cc1Br.Cl. The van der Waals surface area contributed by atoms with E-state index >= 15 is 0 Å². The summed E-state index contributed by atoms with van der Waals surface area (Å²) in [6, 6.07) is 11.7. The second-order valence-electron chi connectivity index (χ2n) is 4.70. The van der Waals surface area contributed by atoms with Crippen LogP contribution < -0.4 is 14.8 Å². The first-order valence-corrected chi connectivity index (χ1v) is 7.59. The largest absolute Gasteiger partial charge is 0.496 e. The van der Waals surface area contributed by atoms with Gasteiger partial charge in [0, 0.05) is 25.4 Å². The molecule has 1 atom stereocenters. The van der Waals surface area contributed by atoms with E-state index in [9.17, 15) is 0 Å². The van der Waals surface area contributed by atoms with Crippen molar-refractivity contribution in [2.75, 3.05) is 13.7 Å². The second kappa shape index (κ2) is 9.66. The topological polar surface area (TPSA) is 43.4 Å². The van der Waals surface area contributed by atoms with Crippen LogP contribution in [0, 0.1) is 0 Å². The van der Waals surface area contributed by atoms with Gasteiger partial charge in [0.1, 0.15) is 11.9 Å². The third-order valence-electron chi connectivity index (χ3n) is 2.94. The maximum atomic E-state index is 5.71. The minimum Gasteiger partial charge on any atom is -0.496 e. The number of aromatic nitrogens is 1. The highest BCUT2D eigenvalue weighted by Gasteiger charge is 2.05. The number of hydrogen-bond acceptors (Lipinski definition) is 4. The van der Waals surface area contributed by atoms with Crippen molar-refractivity contribution < 1.29 is 9.47 Å². The Morgan fingerprint density at radius 2 is 2.09 bits per heavy atom. The lowest BCUT2D eigenvalue weighted by Crippen LogP contribution is -2.28. The molecule has 0 spiro atoms. The summed E-state index contributed by atoms with van der Waals surface area (Å²) in [5.74, 6) is 1.49. The second-order valence-corrected chi connectivity index (χ2v) is 5.55. The van der Waals surface area contributed by atoms with Gasteiger partial charge in [-0.25, -0.2) is 4.98 Å². The lowest BCUT2D eigenvalue weighted by atomic mass is 10.2. The predicted octanol–water partition coefficient (Wildman–Crippen LogP) is 3.83. The summed E-state index contributed by atoms with van der Waals surface area (Å²) in [7, 11) is 1.66. The normalized spacial score (nSPS) is 11.4. The number of benzene rings is 1. The van der Waals surface area contributed by atoms with Gasteiger partial charge in [-0.3, -0.25) is 0 Å². The number of methoxy groups -OCH3 is 1. The van der Waals surface area contributed by atoms with Crippen molar-refractivity contribution in [3.63, 3.8) is 0 Å². The van der Waals surface area contributed by atoms with E-state index in [-0.39, 0.29) is 18.5 Å². The quantitative estimate of drug-likeness (QED) is 0.784. The van der Waals surface area contributed by atoms with Crippen LogP contribution in [0.4, 0.5) is 0 Å². The van der Waals surface area contributed by atoms with E-state index in [0.29, 0.717) is 5.88 Å². The van der Waals surface area contributed by atoms with Gasteiger partial charge >= 0.3 is 0 Å². The Morgan fingerprint density at radius 1 is 1.27 bits per heavy atom. The van der Waals surface area contributed by atoms with Crippen LogP contribution in [0.15, 0.2) is 47.1 Å². The molecule has 0 saturated carbocycles. The molecule has 4 nitrogen and oxygen atoms in total. The van der Waals surface area contributed by atoms with Gasteiger partial charge in [0.05, 0.1) is 11.6 Å². The standard InChI is InChI=1S/C16H19BrN2O2.ClH/c1-12(21-16-5-3-4-8-19-16)10-18-11-13-6-7-15(20-2)14(17)9-13;/h3-9,12,18H,10-11H2,1-2H3;1H. The maximum absolute atomic E-state index is 5.71. The minimum atomic E-state index is 0. The number of halogens is 2. The average molecular weight is 388 g/mol. The van der Waals surface area contributed by atoms with Gasteiger partial charge in [-0.1, -0.05) is 12.1 Å². The van der Waals surface area contributed by atoms with Crippen LogP contribution in [0.2, 0.25) is 0 Å². The zero-order valence-corrected chi connectivity index (χ0v) is 15.0. The Bertz CT molecular complexity index is 569. The molecule has 0 radical (unpaired) electrons. The summed E-state index contributed by atoms with van der Waals surface area (Å²) in [5.41, 5.74) is 1.19. The molecule has 1 N–H and O–H groups in total. The average Bonchev–Trinajstić information content (AvgIpc) is 2.48. The fraction of sp³-hybridized carbons (Fsp3) is 0.312. The van der Waals surface area contributed by atoms with Crippen LogP contribution in [0.1, 0.15) is 12.5 Å². The van der Waals surface area contributed by atoms with Crippen molar-refractivity contribution in [1.29, 1.82) is 0 Å². The van der Waals surface area contributed by atoms with Crippen molar-refractivity contribution in [1.82, 2.24) is 10.3 Å². The first-order valence-electron chi connectivity index (χ1n) is 6.80. The maximum Gasteiger partial charge on any atom is 0.213 e. The van der Waals surface area contributed by atoms with Crippen LogP contribution in [0.3, 0.4) is 0 Å². The number of hydrogen-bond donors (Lipinski definition) is 1. The van der Waals surface area contributed by atoms with Crippen molar-refractivity contribution in [2.45, 2.75) is 19.6 Å². The molecular formula is C16H20BrClN2O2. The number of nitrogens with zero attached hydrogens (tertiary/aromatic N) is 1. The fourth-order valence-corrected chi connectivity index (χ4v) is 2.49. The van der Waals surface area contributed by atoms with Gasteiger partial charge in [0.15, 0.2) is 0 Å². The smallest absolute Gasteiger partial charge is 0.213 e. The third-order valence-corrected chi connectivity index (χ3v) is 3.56. The van der Waals surface area contributed by atoms with E-state index in [1.807, 2.05) is 37.3 Å². The van der Waals surface area contributed by atoms with Crippen LogP contribution in [-0.2, 0) is 6.54 Å². The minimum absolute atomic E-state index is 0. The summed E-state index contributed by atoms with van der Waals surface area (Å²) in [5, 5.41) is 3.37. The number of ether oxygens (including phenoxy) is 2. The molecule has 1 heterocycles. The van der Waals surface area contributed by atoms with E-state index in [4.69, 9.17) is 9.47 Å². The molecule has 0 amide bonds. The summed E-state index contributed by atoms with van der Waals surface area (Å²) in [4.78, 5) is 4.15. The highest BCUT2D eigenvalue weighted by molar-refractivity contribution is 9.10. The first-order chi connectivity index (χ1) is 10.2. The van der Waals surface area contributed by atoms with Crippen molar-refractivity contribution in [3.05, 3.63) is 52.6 Å². The lowest BCUT2D eigenvalue weighted by molar-refractivity contribution is 0.208. The van der Waals surface area contributed by atoms with E-state index in [2.05, 4.69) is 32.3 Å². The molecule has 0 bridgehead atoms. The van der Waals surface area contributed by atoms with Crippen molar-refractivity contribution in [2.24, 2.45) is 0 Å². The molecule has 0 aliphatic heterocycles. The lowest BCUT2D eigenvalue weighted by Gasteiger charge is -2.15. The molecule has 22 heavy (non-hydrogen) atoms. The summed E-state index contributed by atoms with van der Waals surface area (Å²) in [6.07, 6.45) is 1.78. The molecular weight excluding hydrogens is 368 g/mol. The Kier molecular flexibility index (Phi) is 8.24. The Balaban J connectivity index is 0.00000242. The molecule has 0 saturated heterocycles. The monoisotopic (exact) mass is 386 g/mol. The van der Waals surface area contributed by atoms with Crippen LogP contribution in [0.25, 0.3) is 0 Å². The van der Waals surface area contributed by atoms with E-state index in [1.54, 1.807) is 13.3 Å². The van der Waals surface area contributed by atoms with Crippen LogP contribution in [-0.4, -0.2) is 24.7 Å². The highest BCUT2D eigenvalue weighted by atomic mass is 79.9. The predicted molar refractivity (Wildman–Crippen MR) is 94.0 cm³/mol. The number of rotatable bonds is 7. The summed E-state index contributed by atoms with van der Waals surface area (Å²) >= 11 is 3.49. The molecule has 2 rings (SSSR count). The number of nitrogens with one attached hydrogen (secondary N) is 1. The van der Waals surface area contributed by atoms with Gasteiger partial charge < -0.3 is 14.8 Å². The molecule has 2 aromatic rings. The molecule has 0 aliphatic rings. The molecule has 1 aromatic heterocycles. The van der Waals surface area contributed by atoms with Gasteiger partial charge in [0.2, 0.25) is 5.88 Å². The van der Waals surface area contributed by atoms with Gasteiger partial charge in [-0.2, -0.15) is 0 Å². The molecule has 6 heteroatoms. The summed E-state index contributed by atoms with van der Waals surface area (Å²) < 4.78 is 11.9. The zero-order chi connectivity index (χ0) is 15.1. The highest BCUT2D eigenvalue weighted by Crippen LogP contribution is 2.25. The first kappa shape index (κ1) is 18.7. The molecule has 0 fully saturated rings.